The summed E-state index contributed by atoms with van der Waals surface area (Å²) >= 11 is 6.27. The van der Waals surface area contributed by atoms with Crippen molar-refractivity contribution in [2.75, 3.05) is 36.4 Å². The molecule has 1 aliphatic heterocycles. The Bertz CT molecular complexity index is 1410. The van der Waals surface area contributed by atoms with Crippen LogP contribution in [-0.2, 0) is 0 Å². The Morgan fingerprint density at radius 1 is 0.800 bits per heavy atom. The average Bonchev–Trinajstić information content (AvgIpc) is 2.88. The standard InChI is InChI=1S/C28H23ClFN3O2/c29-20-12-13-26(32-14-16-33(17-15-32)28(35)23-9-3-4-11-24(23)30)25(18-20)31-27(34)22-10-5-7-19-6-1-2-8-21(19)22/h1-13,18H,14-17H2,(H,31,34). The van der Waals surface area contributed by atoms with E-state index in [9.17, 15) is 14.0 Å². The van der Waals surface area contributed by atoms with Gasteiger partial charge in [-0.3, -0.25) is 9.59 Å². The summed E-state index contributed by atoms with van der Waals surface area (Å²) in [6.45, 7) is 1.96. The summed E-state index contributed by atoms with van der Waals surface area (Å²) in [6, 6.07) is 24.8. The molecule has 0 bridgehead atoms. The van der Waals surface area contributed by atoms with Gasteiger partial charge in [-0.2, -0.15) is 0 Å². The Balaban J connectivity index is 1.34. The highest BCUT2D eigenvalue weighted by atomic mass is 35.5. The predicted molar refractivity (Wildman–Crippen MR) is 138 cm³/mol. The maximum Gasteiger partial charge on any atom is 0.256 e. The first kappa shape index (κ1) is 22.9. The van der Waals surface area contributed by atoms with Gasteiger partial charge in [-0.15, -0.1) is 0 Å². The smallest absolute Gasteiger partial charge is 0.256 e. The summed E-state index contributed by atoms with van der Waals surface area (Å²) in [6.07, 6.45) is 0. The summed E-state index contributed by atoms with van der Waals surface area (Å²) < 4.78 is 14.1. The fourth-order valence-electron chi connectivity index (χ4n) is 4.45. The number of amides is 2. The number of piperazine rings is 1. The van der Waals surface area contributed by atoms with Crippen LogP contribution in [0.5, 0.6) is 0 Å². The van der Waals surface area contributed by atoms with E-state index < -0.39 is 5.82 Å². The number of hydrogen-bond donors (Lipinski definition) is 1. The molecule has 5 rings (SSSR count). The van der Waals surface area contributed by atoms with Crippen LogP contribution in [0.2, 0.25) is 5.02 Å². The number of benzene rings is 4. The third-order valence-corrected chi connectivity index (χ3v) is 6.49. The van der Waals surface area contributed by atoms with Crippen LogP contribution >= 0.6 is 11.6 Å². The zero-order valence-electron chi connectivity index (χ0n) is 18.9. The molecule has 1 fully saturated rings. The van der Waals surface area contributed by atoms with Crippen molar-refractivity contribution in [2.24, 2.45) is 0 Å². The summed E-state index contributed by atoms with van der Waals surface area (Å²) in [5, 5.41) is 5.40. The number of carbonyl (C=O) groups is 2. The van der Waals surface area contributed by atoms with Crippen molar-refractivity contribution < 1.29 is 14.0 Å². The van der Waals surface area contributed by atoms with Crippen molar-refractivity contribution in [3.8, 4) is 0 Å². The molecule has 1 aliphatic rings. The molecule has 1 saturated heterocycles. The molecule has 4 aromatic carbocycles. The topological polar surface area (TPSA) is 52.7 Å². The van der Waals surface area contributed by atoms with Gasteiger partial charge in [0.05, 0.1) is 16.9 Å². The van der Waals surface area contributed by atoms with Crippen molar-refractivity contribution in [2.45, 2.75) is 0 Å². The van der Waals surface area contributed by atoms with Gasteiger partial charge in [-0.1, -0.05) is 60.1 Å². The van der Waals surface area contributed by atoms with Crippen LogP contribution in [0.1, 0.15) is 20.7 Å². The highest BCUT2D eigenvalue weighted by molar-refractivity contribution is 6.31. The number of anilines is 2. The number of nitrogens with zero attached hydrogens (tertiary/aromatic N) is 2. The molecule has 0 atom stereocenters. The van der Waals surface area contributed by atoms with Gasteiger partial charge in [0.1, 0.15) is 5.82 Å². The first-order chi connectivity index (χ1) is 17.0. The second-order valence-electron chi connectivity index (χ2n) is 8.40. The third-order valence-electron chi connectivity index (χ3n) is 6.25. The highest BCUT2D eigenvalue weighted by Crippen LogP contribution is 2.31. The van der Waals surface area contributed by atoms with Crippen LogP contribution in [0.3, 0.4) is 0 Å². The normalized spacial score (nSPS) is 13.7. The minimum absolute atomic E-state index is 0.0792. The van der Waals surface area contributed by atoms with Crippen molar-refractivity contribution in [3.05, 3.63) is 107 Å². The SMILES string of the molecule is O=C(Nc1cc(Cl)ccc1N1CCN(C(=O)c2ccccc2F)CC1)c1cccc2ccccc12. The lowest BCUT2D eigenvalue weighted by Crippen LogP contribution is -2.49. The van der Waals surface area contributed by atoms with Gasteiger partial charge >= 0.3 is 0 Å². The molecular weight excluding hydrogens is 465 g/mol. The molecule has 176 valence electrons. The van der Waals surface area contributed by atoms with Crippen molar-refractivity contribution in [1.82, 2.24) is 4.90 Å². The molecule has 7 heteroatoms. The van der Waals surface area contributed by atoms with Gasteiger partial charge in [0.25, 0.3) is 11.8 Å². The van der Waals surface area contributed by atoms with Crippen molar-refractivity contribution in [1.29, 1.82) is 0 Å². The zero-order chi connectivity index (χ0) is 24.4. The van der Waals surface area contributed by atoms with E-state index in [1.807, 2.05) is 42.5 Å². The number of nitrogens with one attached hydrogen (secondary N) is 1. The molecular formula is C28H23ClFN3O2. The maximum atomic E-state index is 14.1. The Kier molecular flexibility index (Phi) is 6.38. The van der Waals surface area contributed by atoms with E-state index >= 15 is 0 Å². The van der Waals surface area contributed by atoms with E-state index in [1.54, 1.807) is 35.2 Å². The van der Waals surface area contributed by atoms with Gasteiger partial charge in [0.2, 0.25) is 0 Å². The van der Waals surface area contributed by atoms with E-state index in [2.05, 4.69) is 10.2 Å². The number of rotatable bonds is 4. The molecule has 1 heterocycles. The molecule has 4 aromatic rings. The molecule has 2 amide bonds. The highest BCUT2D eigenvalue weighted by Gasteiger charge is 2.25. The maximum absolute atomic E-state index is 14.1. The molecule has 35 heavy (non-hydrogen) atoms. The first-order valence-electron chi connectivity index (χ1n) is 11.4. The third kappa shape index (κ3) is 4.70. The van der Waals surface area contributed by atoms with Crippen LogP contribution in [0.25, 0.3) is 10.8 Å². The summed E-state index contributed by atoms with van der Waals surface area (Å²) in [5.41, 5.74) is 2.08. The number of fused-ring (bicyclic) bond motifs is 1. The second kappa shape index (κ2) is 9.76. The van der Waals surface area contributed by atoms with Crippen molar-refractivity contribution in [3.63, 3.8) is 0 Å². The molecule has 0 radical (unpaired) electrons. The van der Waals surface area contributed by atoms with Crippen LogP contribution in [0.4, 0.5) is 15.8 Å². The average molecular weight is 488 g/mol. The van der Waals surface area contributed by atoms with E-state index in [4.69, 9.17) is 11.6 Å². The Hall–Kier alpha value is -3.90. The monoisotopic (exact) mass is 487 g/mol. The quantitative estimate of drug-likeness (QED) is 0.393. The molecule has 0 saturated carbocycles. The molecule has 1 N–H and O–H groups in total. The molecule has 0 unspecified atom stereocenters. The molecule has 0 spiro atoms. The predicted octanol–water partition coefficient (Wildman–Crippen LogP) is 5.85. The lowest BCUT2D eigenvalue weighted by atomic mass is 10.0. The molecule has 0 aromatic heterocycles. The number of hydrogen-bond acceptors (Lipinski definition) is 3. The summed E-state index contributed by atoms with van der Waals surface area (Å²) in [7, 11) is 0. The fourth-order valence-corrected chi connectivity index (χ4v) is 4.62. The van der Waals surface area contributed by atoms with Gasteiger partial charge in [-0.05, 0) is 47.2 Å². The number of carbonyl (C=O) groups excluding carboxylic acids is 2. The number of halogens is 2. The van der Waals surface area contributed by atoms with Gasteiger partial charge in [0, 0.05) is 36.8 Å². The van der Waals surface area contributed by atoms with Crippen LogP contribution in [0.15, 0.2) is 84.9 Å². The zero-order valence-corrected chi connectivity index (χ0v) is 19.6. The van der Waals surface area contributed by atoms with Gasteiger partial charge in [-0.25, -0.2) is 4.39 Å². The summed E-state index contributed by atoms with van der Waals surface area (Å²) in [5.74, 6) is -1.06. The Morgan fingerprint density at radius 2 is 1.49 bits per heavy atom. The van der Waals surface area contributed by atoms with Crippen LogP contribution in [-0.4, -0.2) is 42.9 Å². The van der Waals surface area contributed by atoms with Gasteiger partial charge in [0.15, 0.2) is 0 Å². The summed E-state index contributed by atoms with van der Waals surface area (Å²) in [4.78, 5) is 29.8. The minimum Gasteiger partial charge on any atom is -0.366 e. The van der Waals surface area contributed by atoms with Gasteiger partial charge < -0.3 is 15.1 Å². The van der Waals surface area contributed by atoms with E-state index in [-0.39, 0.29) is 17.4 Å². The molecule has 5 nitrogen and oxygen atoms in total. The van der Waals surface area contributed by atoms with Crippen molar-refractivity contribution >= 4 is 45.6 Å². The second-order valence-corrected chi connectivity index (χ2v) is 8.84. The van der Waals surface area contributed by atoms with E-state index in [0.717, 1.165) is 16.5 Å². The van der Waals surface area contributed by atoms with E-state index in [1.165, 1.54) is 12.1 Å². The lowest BCUT2D eigenvalue weighted by Gasteiger charge is -2.37. The lowest BCUT2D eigenvalue weighted by molar-refractivity contribution is 0.0742. The molecule has 0 aliphatic carbocycles. The van der Waals surface area contributed by atoms with Crippen LogP contribution < -0.4 is 10.2 Å². The minimum atomic E-state index is -0.518. The van der Waals surface area contributed by atoms with Crippen LogP contribution in [0, 0.1) is 5.82 Å². The first-order valence-corrected chi connectivity index (χ1v) is 11.8. The van der Waals surface area contributed by atoms with E-state index in [0.29, 0.717) is 42.5 Å². The Labute approximate surface area is 207 Å². The largest absolute Gasteiger partial charge is 0.366 e. The fraction of sp³-hybridized carbons (Fsp3) is 0.143. The Morgan fingerprint density at radius 3 is 2.29 bits per heavy atom.